The molecule has 1 aromatic rings. The topological polar surface area (TPSA) is 41.1 Å². The molecular formula is C14H18ClIN2O. The SMILES string of the molecule is CC1(CNC(=O)c2ccc(I)c(Cl)c2)CCNCC1. The fourth-order valence-electron chi connectivity index (χ4n) is 2.24. The third-order valence-electron chi connectivity index (χ3n) is 3.67. The van der Waals surface area contributed by atoms with Gasteiger partial charge in [-0.05, 0) is 72.1 Å². The van der Waals surface area contributed by atoms with Gasteiger partial charge in [-0.25, -0.2) is 0 Å². The van der Waals surface area contributed by atoms with Gasteiger partial charge in [-0.3, -0.25) is 4.79 Å². The quantitative estimate of drug-likeness (QED) is 0.776. The van der Waals surface area contributed by atoms with Crippen molar-refractivity contribution in [1.82, 2.24) is 10.6 Å². The largest absolute Gasteiger partial charge is 0.351 e. The number of hydrogen-bond acceptors (Lipinski definition) is 2. The van der Waals surface area contributed by atoms with Crippen LogP contribution in [0, 0.1) is 8.99 Å². The monoisotopic (exact) mass is 392 g/mol. The summed E-state index contributed by atoms with van der Waals surface area (Å²) < 4.78 is 0.959. The third kappa shape index (κ3) is 4.07. The number of rotatable bonds is 3. The van der Waals surface area contributed by atoms with E-state index in [1.165, 1.54) is 0 Å². The molecule has 0 bridgehead atoms. The predicted molar refractivity (Wildman–Crippen MR) is 86.7 cm³/mol. The van der Waals surface area contributed by atoms with Gasteiger partial charge in [0.2, 0.25) is 0 Å². The van der Waals surface area contributed by atoms with Crippen LogP contribution in [-0.2, 0) is 0 Å². The second-order valence-electron chi connectivity index (χ2n) is 5.37. The zero-order valence-electron chi connectivity index (χ0n) is 10.9. The molecular weight excluding hydrogens is 375 g/mol. The molecule has 0 aromatic heterocycles. The van der Waals surface area contributed by atoms with Gasteiger partial charge < -0.3 is 10.6 Å². The van der Waals surface area contributed by atoms with Crippen LogP contribution in [0.2, 0.25) is 5.02 Å². The van der Waals surface area contributed by atoms with Crippen LogP contribution in [0.25, 0.3) is 0 Å². The van der Waals surface area contributed by atoms with Gasteiger partial charge in [0.25, 0.3) is 5.91 Å². The Hall–Kier alpha value is -0.330. The van der Waals surface area contributed by atoms with E-state index in [0.717, 1.165) is 36.0 Å². The van der Waals surface area contributed by atoms with Gasteiger partial charge in [-0.1, -0.05) is 18.5 Å². The number of carbonyl (C=O) groups is 1. The van der Waals surface area contributed by atoms with Crippen LogP contribution in [0.3, 0.4) is 0 Å². The van der Waals surface area contributed by atoms with Crippen LogP contribution < -0.4 is 10.6 Å². The van der Waals surface area contributed by atoms with Crippen molar-refractivity contribution in [3.63, 3.8) is 0 Å². The van der Waals surface area contributed by atoms with Gasteiger partial charge in [0.05, 0.1) is 5.02 Å². The highest BCUT2D eigenvalue weighted by Crippen LogP contribution is 2.27. The maximum absolute atomic E-state index is 12.1. The summed E-state index contributed by atoms with van der Waals surface area (Å²) in [5.74, 6) is -0.0435. The van der Waals surface area contributed by atoms with E-state index in [2.05, 4.69) is 40.1 Å². The Bertz CT molecular complexity index is 473. The summed E-state index contributed by atoms with van der Waals surface area (Å²) in [6.45, 7) is 5.01. The maximum Gasteiger partial charge on any atom is 0.251 e. The van der Waals surface area contributed by atoms with E-state index < -0.39 is 0 Å². The molecule has 1 fully saturated rings. The minimum Gasteiger partial charge on any atom is -0.351 e. The van der Waals surface area contributed by atoms with Gasteiger partial charge in [-0.2, -0.15) is 0 Å². The first-order valence-electron chi connectivity index (χ1n) is 6.44. The predicted octanol–water partition coefficient (Wildman–Crippen LogP) is 3.06. The van der Waals surface area contributed by atoms with Crippen molar-refractivity contribution >= 4 is 40.1 Å². The molecule has 0 radical (unpaired) electrons. The lowest BCUT2D eigenvalue weighted by Crippen LogP contribution is -2.42. The second kappa shape index (κ2) is 6.41. The highest BCUT2D eigenvalue weighted by Gasteiger charge is 2.27. The van der Waals surface area contributed by atoms with Gasteiger partial charge >= 0.3 is 0 Å². The lowest BCUT2D eigenvalue weighted by atomic mass is 9.81. The Morgan fingerprint density at radius 2 is 2.16 bits per heavy atom. The Morgan fingerprint density at radius 1 is 1.47 bits per heavy atom. The lowest BCUT2D eigenvalue weighted by Gasteiger charge is -2.34. The number of halogens is 2. The zero-order valence-corrected chi connectivity index (χ0v) is 13.8. The van der Waals surface area contributed by atoms with Crippen molar-refractivity contribution in [3.8, 4) is 0 Å². The van der Waals surface area contributed by atoms with E-state index in [-0.39, 0.29) is 11.3 Å². The van der Waals surface area contributed by atoms with E-state index in [1.807, 2.05) is 12.1 Å². The van der Waals surface area contributed by atoms with Crippen LogP contribution in [0.5, 0.6) is 0 Å². The first kappa shape index (κ1) is 15.1. The molecule has 1 aliphatic heterocycles. The number of piperidine rings is 1. The normalized spacial score (nSPS) is 18.1. The van der Waals surface area contributed by atoms with Crippen molar-refractivity contribution in [2.24, 2.45) is 5.41 Å². The summed E-state index contributed by atoms with van der Waals surface area (Å²) in [5, 5.41) is 7.00. The third-order valence-corrected chi connectivity index (χ3v) is 5.24. The van der Waals surface area contributed by atoms with Gasteiger partial charge in [0.15, 0.2) is 0 Å². The first-order chi connectivity index (χ1) is 9.00. The van der Waals surface area contributed by atoms with Crippen molar-refractivity contribution in [2.45, 2.75) is 19.8 Å². The average Bonchev–Trinajstić information content (AvgIpc) is 2.40. The molecule has 0 saturated carbocycles. The molecule has 0 atom stereocenters. The molecule has 1 heterocycles. The molecule has 19 heavy (non-hydrogen) atoms. The Labute approximate surface area is 132 Å². The summed E-state index contributed by atoms with van der Waals surface area (Å²) >= 11 is 8.19. The molecule has 0 aliphatic carbocycles. The molecule has 3 nitrogen and oxygen atoms in total. The first-order valence-corrected chi connectivity index (χ1v) is 7.90. The standard InChI is InChI=1S/C14H18ClIN2O/c1-14(4-6-17-7-5-14)9-18-13(19)10-2-3-12(16)11(15)8-10/h2-3,8,17H,4-7,9H2,1H3,(H,18,19). The van der Waals surface area contributed by atoms with Crippen LogP contribution in [-0.4, -0.2) is 25.5 Å². The minimum atomic E-state index is -0.0435. The number of nitrogens with one attached hydrogen (secondary N) is 2. The molecule has 1 saturated heterocycles. The molecule has 2 N–H and O–H groups in total. The molecule has 0 unspecified atom stereocenters. The van der Waals surface area contributed by atoms with Crippen molar-refractivity contribution in [2.75, 3.05) is 19.6 Å². The lowest BCUT2D eigenvalue weighted by molar-refractivity contribution is 0.0922. The fourth-order valence-corrected chi connectivity index (χ4v) is 2.76. The molecule has 2 rings (SSSR count). The minimum absolute atomic E-state index is 0.0435. The smallest absolute Gasteiger partial charge is 0.251 e. The van der Waals surface area contributed by atoms with E-state index in [4.69, 9.17) is 11.6 Å². The van der Waals surface area contributed by atoms with Crippen LogP contribution in [0.1, 0.15) is 30.1 Å². The fraction of sp³-hybridized carbons (Fsp3) is 0.500. The van der Waals surface area contributed by atoms with Crippen LogP contribution >= 0.6 is 34.2 Å². The molecule has 104 valence electrons. The molecule has 1 aliphatic rings. The Balaban J connectivity index is 1.95. The van der Waals surface area contributed by atoms with Crippen molar-refractivity contribution in [1.29, 1.82) is 0 Å². The van der Waals surface area contributed by atoms with E-state index in [9.17, 15) is 4.79 Å². The summed E-state index contributed by atoms with van der Waals surface area (Å²) in [6.07, 6.45) is 2.20. The second-order valence-corrected chi connectivity index (χ2v) is 6.94. The number of benzene rings is 1. The van der Waals surface area contributed by atoms with E-state index in [0.29, 0.717) is 10.6 Å². The molecule has 1 aromatic carbocycles. The summed E-state index contributed by atoms with van der Waals surface area (Å²) in [7, 11) is 0. The van der Waals surface area contributed by atoms with Crippen molar-refractivity contribution in [3.05, 3.63) is 32.4 Å². The summed E-state index contributed by atoms with van der Waals surface area (Å²) in [5.41, 5.74) is 0.830. The Kier molecular flexibility index (Phi) is 5.09. The van der Waals surface area contributed by atoms with E-state index >= 15 is 0 Å². The van der Waals surface area contributed by atoms with Crippen LogP contribution in [0.4, 0.5) is 0 Å². The highest BCUT2D eigenvalue weighted by molar-refractivity contribution is 14.1. The molecule has 0 spiro atoms. The Morgan fingerprint density at radius 3 is 2.79 bits per heavy atom. The average molecular weight is 393 g/mol. The van der Waals surface area contributed by atoms with E-state index in [1.54, 1.807) is 6.07 Å². The number of amides is 1. The van der Waals surface area contributed by atoms with Gasteiger partial charge in [-0.15, -0.1) is 0 Å². The molecule has 5 heteroatoms. The number of hydrogen-bond donors (Lipinski definition) is 2. The zero-order chi connectivity index (χ0) is 13.9. The number of carbonyl (C=O) groups excluding carboxylic acids is 1. The highest BCUT2D eigenvalue weighted by atomic mass is 127. The summed E-state index contributed by atoms with van der Waals surface area (Å²) in [4.78, 5) is 12.1. The van der Waals surface area contributed by atoms with Crippen LogP contribution in [0.15, 0.2) is 18.2 Å². The van der Waals surface area contributed by atoms with Gasteiger partial charge in [0, 0.05) is 15.7 Å². The maximum atomic E-state index is 12.1. The molecule has 1 amide bonds. The summed E-state index contributed by atoms with van der Waals surface area (Å²) in [6, 6.07) is 5.40. The van der Waals surface area contributed by atoms with Crippen molar-refractivity contribution < 1.29 is 4.79 Å². The van der Waals surface area contributed by atoms with Gasteiger partial charge in [0.1, 0.15) is 0 Å².